The fraction of sp³-hybridized carbons (Fsp3) is 0.312. The monoisotopic (exact) mass is 349 g/mol. The smallest absolute Gasteiger partial charge is 0.252 e. The Morgan fingerprint density at radius 2 is 2.10 bits per heavy atom. The molecule has 0 saturated heterocycles. The van der Waals surface area contributed by atoms with Crippen molar-refractivity contribution in [2.45, 2.75) is 18.4 Å². The SMILES string of the molecule is O=C(NCC(O)(c1ccco1)C1CC1)c1ccccc1Br. The van der Waals surface area contributed by atoms with E-state index in [4.69, 9.17) is 4.42 Å². The quantitative estimate of drug-likeness (QED) is 0.871. The van der Waals surface area contributed by atoms with E-state index in [1.54, 1.807) is 24.3 Å². The van der Waals surface area contributed by atoms with Crippen molar-refractivity contribution < 1.29 is 14.3 Å². The fourth-order valence-electron chi connectivity index (χ4n) is 2.47. The molecule has 0 spiro atoms. The lowest BCUT2D eigenvalue weighted by Gasteiger charge is -2.26. The number of aliphatic hydroxyl groups is 1. The second kappa shape index (κ2) is 5.66. The Hall–Kier alpha value is -1.59. The van der Waals surface area contributed by atoms with Gasteiger partial charge in [-0.15, -0.1) is 0 Å². The second-order valence-electron chi connectivity index (χ2n) is 5.34. The van der Waals surface area contributed by atoms with Crippen LogP contribution in [0.25, 0.3) is 0 Å². The number of carbonyl (C=O) groups excluding carboxylic acids is 1. The normalized spacial score (nSPS) is 17.2. The van der Waals surface area contributed by atoms with Gasteiger partial charge in [-0.1, -0.05) is 12.1 Å². The molecule has 1 aromatic carbocycles. The molecule has 21 heavy (non-hydrogen) atoms. The fourth-order valence-corrected chi connectivity index (χ4v) is 2.94. The van der Waals surface area contributed by atoms with Crippen LogP contribution in [-0.4, -0.2) is 17.6 Å². The topological polar surface area (TPSA) is 62.5 Å². The van der Waals surface area contributed by atoms with E-state index < -0.39 is 5.60 Å². The van der Waals surface area contributed by atoms with Gasteiger partial charge < -0.3 is 14.8 Å². The summed E-state index contributed by atoms with van der Waals surface area (Å²) in [5, 5.41) is 13.7. The molecule has 1 amide bonds. The summed E-state index contributed by atoms with van der Waals surface area (Å²) in [6.45, 7) is 0.144. The maximum absolute atomic E-state index is 12.2. The van der Waals surface area contributed by atoms with Crippen LogP contribution >= 0.6 is 15.9 Å². The van der Waals surface area contributed by atoms with E-state index in [1.165, 1.54) is 6.26 Å². The van der Waals surface area contributed by atoms with Crippen LogP contribution in [0.3, 0.4) is 0 Å². The number of hydrogen-bond donors (Lipinski definition) is 2. The second-order valence-corrected chi connectivity index (χ2v) is 6.19. The summed E-state index contributed by atoms with van der Waals surface area (Å²) in [5.41, 5.74) is -0.574. The number of rotatable bonds is 5. The molecule has 2 N–H and O–H groups in total. The van der Waals surface area contributed by atoms with E-state index in [0.717, 1.165) is 17.3 Å². The Bertz CT molecular complexity index is 637. The average Bonchev–Trinajstić information content (AvgIpc) is 3.20. The van der Waals surface area contributed by atoms with Crippen molar-refractivity contribution in [3.05, 3.63) is 58.5 Å². The van der Waals surface area contributed by atoms with Crippen LogP contribution in [0.15, 0.2) is 51.6 Å². The van der Waals surface area contributed by atoms with E-state index in [0.29, 0.717) is 11.3 Å². The molecule has 1 saturated carbocycles. The van der Waals surface area contributed by atoms with Crippen LogP contribution in [0.1, 0.15) is 29.0 Å². The molecule has 1 unspecified atom stereocenters. The summed E-state index contributed by atoms with van der Waals surface area (Å²) in [6, 6.07) is 10.7. The molecule has 4 nitrogen and oxygen atoms in total. The van der Waals surface area contributed by atoms with Crippen LogP contribution < -0.4 is 5.32 Å². The molecule has 1 heterocycles. The van der Waals surface area contributed by atoms with E-state index in [1.807, 2.05) is 12.1 Å². The van der Waals surface area contributed by atoms with E-state index >= 15 is 0 Å². The van der Waals surface area contributed by atoms with Crippen molar-refractivity contribution in [3.8, 4) is 0 Å². The summed E-state index contributed by atoms with van der Waals surface area (Å²) in [6.07, 6.45) is 3.43. The first-order chi connectivity index (χ1) is 10.1. The minimum atomic E-state index is -1.12. The van der Waals surface area contributed by atoms with Crippen LogP contribution in [0.4, 0.5) is 0 Å². The lowest BCUT2D eigenvalue weighted by atomic mass is 9.94. The van der Waals surface area contributed by atoms with E-state index in [2.05, 4.69) is 21.2 Å². The van der Waals surface area contributed by atoms with Gasteiger partial charge in [0.1, 0.15) is 11.4 Å². The summed E-state index contributed by atoms with van der Waals surface area (Å²) in [4.78, 5) is 12.2. The molecule has 0 bridgehead atoms. The van der Waals surface area contributed by atoms with Gasteiger partial charge in [0.2, 0.25) is 0 Å². The predicted molar refractivity (Wildman–Crippen MR) is 81.8 cm³/mol. The highest BCUT2D eigenvalue weighted by Crippen LogP contribution is 2.45. The molecule has 1 aliphatic carbocycles. The zero-order valence-corrected chi connectivity index (χ0v) is 13.0. The largest absolute Gasteiger partial charge is 0.466 e. The molecule has 1 fully saturated rings. The van der Waals surface area contributed by atoms with E-state index in [9.17, 15) is 9.90 Å². The summed E-state index contributed by atoms with van der Waals surface area (Å²) in [5.74, 6) is 0.439. The highest BCUT2D eigenvalue weighted by atomic mass is 79.9. The van der Waals surface area contributed by atoms with E-state index in [-0.39, 0.29) is 18.4 Å². The molecule has 110 valence electrons. The molecule has 0 radical (unpaired) electrons. The minimum absolute atomic E-state index is 0.142. The predicted octanol–water partition coefficient (Wildman–Crippen LogP) is 3.07. The molecule has 1 atom stereocenters. The average molecular weight is 350 g/mol. The van der Waals surface area contributed by atoms with Crippen molar-refractivity contribution in [2.75, 3.05) is 6.54 Å². The first-order valence-electron chi connectivity index (χ1n) is 6.90. The number of halogens is 1. The Balaban J connectivity index is 1.74. The molecule has 3 rings (SSSR count). The first-order valence-corrected chi connectivity index (χ1v) is 7.69. The molecule has 5 heteroatoms. The van der Waals surface area contributed by atoms with Gasteiger partial charge in [-0.3, -0.25) is 4.79 Å². The van der Waals surface area contributed by atoms with Crippen molar-refractivity contribution in [2.24, 2.45) is 5.92 Å². The third-order valence-corrected chi connectivity index (χ3v) is 4.53. The zero-order chi connectivity index (χ0) is 14.9. The number of carbonyl (C=O) groups is 1. The molecule has 1 aliphatic rings. The standard InChI is InChI=1S/C16H16BrNO3/c17-13-5-2-1-4-12(13)15(19)18-10-16(20,11-7-8-11)14-6-3-9-21-14/h1-6,9,11,20H,7-8,10H2,(H,18,19). The lowest BCUT2D eigenvalue weighted by Crippen LogP contribution is -2.42. The Kier molecular flexibility index (Phi) is 3.87. The number of furan rings is 1. The molecular weight excluding hydrogens is 334 g/mol. The first kappa shape index (κ1) is 14.4. The zero-order valence-electron chi connectivity index (χ0n) is 11.4. The van der Waals surface area contributed by atoms with Gasteiger partial charge in [0, 0.05) is 4.47 Å². The van der Waals surface area contributed by atoms with Crippen LogP contribution in [-0.2, 0) is 5.60 Å². The van der Waals surface area contributed by atoms with Gasteiger partial charge in [-0.2, -0.15) is 0 Å². The number of nitrogens with one attached hydrogen (secondary N) is 1. The molecule has 2 aromatic rings. The van der Waals surface area contributed by atoms with Crippen LogP contribution in [0.5, 0.6) is 0 Å². The molecular formula is C16H16BrNO3. The number of hydrogen-bond acceptors (Lipinski definition) is 3. The Morgan fingerprint density at radius 1 is 1.33 bits per heavy atom. The van der Waals surface area contributed by atoms with Gasteiger partial charge in [0.15, 0.2) is 0 Å². The Labute approximate surface area is 131 Å². The summed E-state index contributed by atoms with van der Waals surface area (Å²) in [7, 11) is 0. The van der Waals surface area contributed by atoms with Gasteiger partial charge in [-0.05, 0) is 59.0 Å². The molecule has 1 aromatic heterocycles. The van der Waals surface area contributed by atoms with Gasteiger partial charge >= 0.3 is 0 Å². The van der Waals surface area contributed by atoms with Crippen molar-refractivity contribution in [1.29, 1.82) is 0 Å². The minimum Gasteiger partial charge on any atom is -0.466 e. The molecule has 0 aliphatic heterocycles. The Morgan fingerprint density at radius 3 is 2.71 bits per heavy atom. The van der Waals surface area contributed by atoms with Gasteiger partial charge in [-0.25, -0.2) is 0 Å². The van der Waals surface area contributed by atoms with Gasteiger partial charge in [0.05, 0.1) is 18.4 Å². The lowest BCUT2D eigenvalue weighted by molar-refractivity contribution is -0.00611. The number of amides is 1. The summed E-state index contributed by atoms with van der Waals surface area (Å²) < 4.78 is 6.08. The number of benzene rings is 1. The van der Waals surface area contributed by atoms with Crippen LogP contribution in [0.2, 0.25) is 0 Å². The van der Waals surface area contributed by atoms with Gasteiger partial charge in [0.25, 0.3) is 5.91 Å². The highest BCUT2D eigenvalue weighted by Gasteiger charge is 2.47. The van der Waals surface area contributed by atoms with Crippen molar-refractivity contribution >= 4 is 21.8 Å². The maximum atomic E-state index is 12.2. The third kappa shape index (κ3) is 2.89. The summed E-state index contributed by atoms with van der Waals surface area (Å²) >= 11 is 3.36. The third-order valence-electron chi connectivity index (χ3n) is 3.84. The van der Waals surface area contributed by atoms with Crippen molar-refractivity contribution in [1.82, 2.24) is 5.32 Å². The highest BCUT2D eigenvalue weighted by molar-refractivity contribution is 9.10. The van der Waals surface area contributed by atoms with Crippen LogP contribution in [0, 0.1) is 5.92 Å². The maximum Gasteiger partial charge on any atom is 0.252 e. The van der Waals surface area contributed by atoms with Crippen molar-refractivity contribution in [3.63, 3.8) is 0 Å².